The van der Waals surface area contributed by atoms with Crippen LogP contribution in [0, 0.1) is 6.92 Å². The minimum absolute atomic E-state index is 0.268. The molecule has 2 heterocycles. The zero-order chi connectivity index (χ0) is 15.2. The number of likely N-dealkylation sites (N-methyl/N-ethyl adjacent to an activating group) is 1. The first-order valence-electron chi connectivity index (χ1n) is 7.83. The molecular weight excluding hydrogens is 260 g/mol. The summed E-state index contributed by atoms with van der Waals surface area (Å²) in [6, 6.07) is 4.92. The van der Waals surface area contributed by atoms with Gasteiger partial charge in [0.25, 0.3) is 0 Å². The van der Waals surface area contributed by atoms with Gasteiger partial charge in [0.1, 0.15) is 0 Å². The molecule has 4 nitrogen and oxygen atoms in total. The van der Waals surface area contributed by atoms with Gasteiger partial charge in [0, 0.05) is 37.1 Å². The molecule has 2 aromatic heterocycles. The molecule has 0 spiro atoms. The third kappa shape index (κ3) is 3.91. The molecule has 1 N–H and O–H groups in total. The van der Waals surface area contributed by atoms with Crippen molar-refractivity contribution in [1.82, 2.24) is 20.1 Å². The van der Waals surface area contributed by atoms with E-state index in [4.69, 9.17) is 5.10 Å². The van der Waals surface area contributed by atoms with E-state index in [-0.39, 0.29) is 6.04 Å². The predicted octanol–water partition coefficient (Wildman–Crippen LogP) is 3.45. The maximum Gasteiger partial charge on any atom is 0.0643 e. The second kappa shape index (κ2) is 7.36. The van der Waals surface area contributed by atoms with Crippen LogP contribution in [-0.2, 0) is 6.42 Å². The van der Waals surface area contributed by atoms with Gasteiger partial charge in [-0.2, -0.15) is 5.10 Å². The summed E-state index contributed by atoms with van der Waals surface area (Å²) in [5.41, 5.74) is 3.67. The van der Waals surface area contributed by atoms with Gasteiger partial charge < -0.3 is 5.32 Å². The molecule has 0 aliphatic heterocycles. The maximum absolute atomic E-state index is 4.71. The number of hydrogen-bond acceptors (Lipinski definition) is 3. The summed E-state index contributed by atoms with van der Waals surface area (Å²) in [6.45, 7) is 9.59. The summed E-state index contributed by atoms with van der Waals surface area (Å²) in [7, 11) is 0. The van der Waals surface area contributed by atoms with Gasteiger partial charge in [-0.15, -0.1) is 0 Å². The van der Waals surface area contributed by atoms with Crippen molar-refractivity contribution in [2.75, 3.05) is 6.54 Å². The van der Waals surface area contributed by atoms with E-state index in [1.807, 2.05) is 12.4 Å². The summed E-state index contributed by atoms with van der Waals surface area (Å²) < 4.78 is 2.06. The van der Waals surface area contributed by atoms with Crippen molar-refractivity contribution in [3.05, 3.63) is 47.5 Å². The van der Waals surface area contributed by atoms with Crippen LogP contribution in [0.15, 0.2) is 30.7 Å². The Bertz CT molecular complexity index is 561. The number of aromatic nitrogens is 3. The lowest BCUT2D eigenvalue weighted by molar-refractivity contribution is 0.466. The van der Waals surface area contributed by atoms with Crippen LogP contribution in [-0.4, -0.2) is 21.3 Å². The number of nitrogens with zero attached hydrogens (tertiary/aromatic N) is 3. The van der Waals surface area contributed by atoms with E-state index in [0.29, 0.717) is 6.04 Å². The van der Waals surface area contributed by atoms with Crippen LogP contribution < -0.4 is 5.32 Å². The molecule has 2 atom stereocenters. The Labute approximate surface area is 127 Å². The van der Waals surface area contributed by atoms with Gasteiger partial charge in [-0.05, 0) is 50.1 Å². The second-order valence-corrected chi connectivity index (χ2v) is 5.59. The van der Waals surface area contributed by atoms with Crippen molar-refractivity contribution < 1.29 is 0 Å². The molecular formula is C17H26N4. The molecule has 4 heteroatoms. The van der Waals surface area contributed by atoms with E-state index < -0.39 is 0 Å². The van der Waals surface area contributed by atoms with Crippen LogP contribution >= 0.6 is 0 Å². The topological polar surface area (TPSA) is 42.7 Å². The zero-order valence-electron chi connectivity index (χ0n) is 13.5. The number of hydrogen-bond donors (Lipinski definition) is 1. The first-order valence-corrected chi connectivity index (χ1v) is 7.83. The smallest absolute Gasteiger partial charge is 0.0643 e. The van der Waals surface area contributed by atoms with E-state index in [0.717, 1.165) is 25.1 Å². The van der Waals surface area contributed by atoms with Gasteiger partial charge in [0.15, 0.2) is 0 Å². The highest BCUT2D eigenvalue weighted by Crippen LogP contribution is 2.21. The normalized spacial score (nSPS) is 14.1. The Morgan fingerprint density at radius 1 is 1.29 bits per heavy atom. The van der Waals surface area contributed by atoms with Crippen molar-refractivity contribution in [2.45, 2.75) is 52.6 Å². The van der Waals surface area contributed by atoms with Crippen LogP contribution in [0.3, 0.4) is 0 Å². The Balaban J connectivity index is 2.17. The molecule has 0 aliphatic rings. The second-order valence-electron chi connectivity index (χ2n) is 5.59. The maximum atomic E-state index is 4.71. The standard InChI is InChI=1S/C17H26N4/c1-5-14(4)21-10-8-15(20-21)11-17(19-6-2)16-12-18-9-7-13(16)3/h7-10,12,14,17,19H,5-6,11H2,1-4H3. The largest absolute Gasteiger partial charge is 0.310 e. The molecule has 2 rings (SSSR count). The van der Waals surface area contributed by atoms with Crippen molar-refractivity contribution in [3.8, 4) is 0 Å². The van der Waals surface area contributed by atoms with Gasteiger partial charge in [0.2, 0.25) is 0 Å². The van der Waals surface area contributed by atoms with Crippen molar-refractivity contribution >= 4 is 0 Å². The Hall–Kier alpha value is -1.68. The van der Waals surface area contributed by atoms with Crippen LogP contribution in [0.5, 0.6) is 0 Å². The fourth-order valence-corrected chi connectivity index (χ4v) is 2.51. The fourth-order valence-electron chi connectivity index (χ4n) is 2.51. The molecule has 0 aromatic carbocycles. The van der Waals surface area contributed by atoms with Crippen LogP contribution in [0.2, 0.25) is 0 Å². The molecule has 0 saturated heterocycles. The van der Waals surface area contributed by atoms with E-state index in [9.17, 15) is 0 Å². The summed E-state index contributed by atoms with van der Waals surface area (Å²) in [5, 5.41) is 8.27. The highest BCUT2D eigenvalue weighted by atomic mass is 15.3. The van der Waals surface area contributed by atoms with Crippen LogP contribution in [0.1, 0.15) is 56.1 Å². The first kappa shape index (κ1) is 15.7. The van der Waals surface area contributed by atoms with Crippen molar-refractivity contribution in [2.24, 2.45) is 0 Å². The van der Waals surface area contributed by atoms with Gasteiger partial charge >= 0.3 is 0 Å². The number of pyridine rings is 1. The molecule has 0 saturated carbocycles. The average molecular weight is 286 g/mol. The summed E-state index contributed by atoms with van der Waals surface area (Å²) in [4.78, 5) is 4.27. The molecule has 0 amide bonds. The van der Waals surface area contributed by atoms with E-state index >= 15 is 0 Å². The Morgan fingerprint density at radius 2 is 2.10 bits per heavy atom. The number of rotatable bonds is 7. The minimum atomic E-state index is 0.268. The fraction of sp³-hybridized carbons (Fsp3) is 0.529. The Kier molecular flexibility index (Phi) is 5.51. The summed E-state index contributed by atoms with van der Waals surface area (Å²) in [5.74, 6) is 0. The first-order chi connectivity index (χ1) is 10.2. The van der Waals surface area contributed by atoms with E-state index in [1.54, 1.807) is 0 Å². The highest BCUT2D eigenvalue weighted by Gasteiger charge is 2.15. The van der Waals surface area contributed by atoms with Gasteiger partial charge in [0.05, 0.1) is 5.69 Å². The molecule has 21 heavy (non-hydrogen) atoms. The van der Waals surface area contributed by atoms with Crippen LogP contribution in [0.4, 0.5) is 0 Å². The third-order valence-corrected chi connectivity index (χ3v) is 4.02. The lowest BCUT2D eigenvalue weighted by Gasteiger charge is -2.19. The monoisotopic (exact) mass is 286 g/mol. The summed E-state index contributed by atoms with van der Waals surface area (Å²) in [6.07, 6.45) is 7.89. The minimum Gasteiger partial charge on any atom is -0.310 e. The molecule has 0 fully saturated rings. The van der Waals surface area contributed by atoms with Crippen LogP contribution in [0.25, 0.3) is 0 Å². The number of aryl methyl sites for hydroxylation is 1. The molecule has 0 aliphatic carbocycles. The highest BCUT2D eigenvalue weighted by molar-refractivity contribution is 5.26. The van der Waals surface area contributed by atoms with Gasteiger partial charge in [-0.25, -0.2) is 0 Å². The predicted molar refractivity (Wildman–Crippen MR) is 86.3 cm³/mol. The lowest BCUT2D eigenvalue weighted by Crippen LogP contribution is -2.24. The van der Waals surface area contributed by atoms with Gasteiger partial charge in [-0.1, -0.05) is 13.8 Å². The quantitative estimate of drug-likeness (QED) is 0.847. The Morgan fingerprint density at radius 3 is 2.76 bits per heavy atom. The average Bonchev–Trinajstić information content (AvgIpc) is 2.95. The van der Waals surface area contributed by atoms with Gasteiger partial charge in [-0.3, -0.25) is 9.67 Å². The third-order valence-electron chi connectivity index (χ3n) is 4.02. The molecule has 114 valence electrons. The molecule has 0 radical (unpaired) electrons. The molecule has 2 unspecified atom stereocenters. The SMILES string of the molecule is CCNC(Cc1ccn(C(C)CC)n1)c1cnccc1C. The zero-order valence-corrected chi connectivity index (χ0v) is 13.5. The molecule has 0 bridgehead atoms. The van der Waals surface area contributed by atoms with E-state index in [2.05, 4.69) is 61.0 Å². The molecule has 2 aromatic rings. The van der Waals surface area contributed by atoms with Crippen molar-refractivity contribution in [1.29, 1.82) is 0 Å². The van der Waals surface area contributed by atoms with E-state index in [1.165, 1.54) is 11.1 Å². The lowest BCUT2D eigenvalue weighted by atomic mass is 10.00. The van der Waals surface area contributed by atoms with Crippen molar-refractivity contribution in [3.63, 3.8) is 0 Å². The number of nitrogens with one attached hydrogen (secondary N) is 1. The summed E-state index contributed by atoms with van der Waals surface area (Å²) >= 11 is 0.